The van der Waals surface area contributed by atoms with Crippen LogP contribution in [0.15, 0.2) is 47.7 Å². The normalized spacial score (nSPS) is 28.3. The van der Waals surface area contributed by atoms with Crippen molar-refractivity contribution < 1.29 is 27.5 Å². The number of hydrogen-bond acceptors (Lipinski definition) is 3. The van der Waals surface area contributed by atoms with E-state index in [2.05, 4.69) is 5.32 Å². The van der Waals surface area contributed by atoms with Crippen LogP contribution in [0.25, 0.3) is 0 Å². The Balaban J connectivity index is 1.54. The fourth-order valence-electron chi connectivity index (χ4n) is 3.92. The van der Waals surface area contributed by atoms with Crippen molar-refractivity contribution in [2.75, 3.05) is 6.54 Å². The molecule has 142 valence electrons. The van der Waals surface area contributed by atoms with Crippen molar-refractivity contribution in [1.82, 2.24) is 10.2 Å². The van der Waals surface area contributed by atoms with Crippen LogP contribution >= 0.6 is 0 Å². The number of halogens is 3. The molecule has 0 saturated carbocycles. The third-order valence-corrected chi connectivity index (χ3v) is 5.16. The molecule has 3 unspecified atom stereocenters. The first-order valence-corrected chi connectivity index (χ1v) is 8.55. The van der Waals surface area contributed by atoms with Gasteiger partial charge in [-0.25, -0.2) is 0 Å². The highest BCUT2D eigenvalue weighted by atomic mass is 19.4. The number of amides is 2. The van der Waals surface area contributed by atoms with Gasteiger partial charge in [0.1, 0.15) is 6.54 Å². The van der Waals surface area contributed by atoms with Crippen LogP contribution in [0, 0.1) is 5.92 Å². The van der Waals surface area contributed by atoms with Gasteiger partial charge in [-0.2, -0.15) is 13.2 Å². The molecule has 1 aliphatic carbocycles. The van der Waals surface area contributed by atoms with Crippen molar-refractivity contribution in [2.24, 2.45) is 5.92 Å². The fraction of sp³-hybridized carbons (Fsp3) is 0.368. The lowest BCUT2D eigenvalue weighted by atomic mass is 9.97. The minimum Gasteiger partial charge on any atom is -0.474 e. The van der Waals surface area contributed by atoms with Crippen molar-refractivity contribution in [3.63, 3.8) is 0 Å². The van der Waals surface area contributed by atoms with Gasteiger partial charge >= 0.3 is 6.18 Å². The van der Waals surface area contributed by atoms with Gasteiger partial charge in [-0.1, -0.05) is 24.3 Å². The van der Waals surface area contributed by atoms with Gasteiger partial charge in [0.15, 0.2) is 6.23 Å². The topological polar surface area (TPSA) is 58.6 Å². The summed E-state index contributed by atoms with van der Waals surface area (Å²) in [6, 6.07) is 7.62. The van der Waals surface area contributed by atoms with Crippen LogP contribution < -0.4 is 5.32 Å². The van der Waals surface area contributed by atoms with Gasteiger partial charge in [-0.3, -0.25) is 14.5 Å². The largest absolute Gasteiger partial charge is 0.474 e. The molecule has 1 saturated heterocycles. The van der Waals surface area contributed by atoms with Crippen LogP contribution in [0.1, 0.15) is 24.1 Å². The van der Waals surface area contributed by atoms with E-state index in [-0.39, 0.29) is 23.4 Å². The number of ether oxygens (including phenoxy) is 1. The van der Waals surface area contributed by atoms with Crippen molar-refractivity contribution in [2.45, 2.75) is 31.8 Å². The molecule has 5 nitrogen and oxygen atoms in total. The van der Waals surface area contributed by atoms with Crippen LogP contribution in [0.5, 0.6) is 0 Å². The lowest BCUT2D eigenvalue weighted by Crippen LogP contribution is -2.42. The summed E-state index contributed by atoms with van der Waals surface area (Å²) in [5.41, 5.74) is 2.74. The monoisotopic (exact) mass is 378 g/mol. The molecule has 0 spiro atoms. The number of nitrogens with zero attached hydrogens (tertiary/aromatic N) is 1. The van der Waals surface area contributed by atoms with Gasteiger partial charge in [0, 0.05) is 11.5 Å². The Morgan fingerprint density at radius 3 is 2.78 bits per heavy atom. The molecule has 8 heteroatoms. The third-order valence-electron chi connectivity index (χ3n) is 5.16. The number of carbonyl (C=O) groups is 2. The Morgan fingerprint density at radius 2 is 2.04 bits per heavy atom. The van der Waals surface area contributed by atoms with E-state index < -0.39 is 24.9 Å². The number of alkyl halides is 3. The van der Waals surface area contributed by atoms with Crippen LogP contribution in [-0.4, -0.2) is 35.7 Å². The van der Waals surface area contributed by atoms with E-state index in [0.717, 1.165) is 11.1 Å². The average molecular weight is 378 g/mol. The molecule has 1 fully saturated rings. The van der Waals surface area contributed by atoms with Crippen LogP contribution in [0.4, 0.5) is 13.2 Å². The maximum Gasteiger partial charge on any atom is 0.406 e. The van der Waals surface area contributed by atoms with Gasteiger partial charge in [-0.05, 0) is 30.5 Å². The maximum atomic E-state index is 12.8. The standard InChI is InChI=1S/C19H17F3N2O3/c1-10-6-15(24(18(10)26)9-19(20,21)22)27-8-14-13-7-11-4-2-3-5-12(11)16(13)23-17(14)25/h2-6,8,13,15-16H,7,9H2,1H3,(H,23,25). The van der Waals surface area contributed by atoms with Gasteiger partial charge < -0.3 is 10.1 Å². The molecule has 2 amide bonds. The molecule has 1 aromatic rings. The minimum atomic E-state index is -4.54. The van der Waals surface area contributed by atoms with Crippen molar-refractivity contribution in [1.29, 1.82) is 0 Å². The lowest BCUT2D eigenvalue weighted by molar-refractivity contribution is -0.169. The van der Waals surface area contributed by atoms with Gasteiger partial charge in [0.2, 0.25) is 0 Å². The number of fused-ring (bicyclic) bond motifs is 3. The molecule has 2 heterocycles. The van der Waals surface area contributed by atoms with Crippen molar-refractivity contribution in [3.8, 4) is 0 Å². The highest BCUT2D eigenvalue weighted by Gasteiger charge is 2.45. The summed E-state index contributed by atoms with van der Waals surface area (Å²) < 4.78 is 43.7. The molecule has 2 aliphatic heterocycles. The summed E-state index contributed by atoms with van der Waals surface area (Å²) in [4.78, 5) is 24.9. The van der Waals surface area contributed by atoms with Crippen LogP contribution in [0.2, 0.25) is 0 Å². The second kappa shape index (κ2) is 6.14. The number of hydrogen-bond donors (Lipinski definition) is 1. The fourth-order valence-corrected chi connectivity index (χ4v) is 3.92. The predicted octanol–water partition coefficient (Wildman–Crippen LogP) is 2.61. The molecule has 3 atom stereocenters. The summed E-state index contributed by atoms with van der Waals surface area (Å²) >= 11 is 0. The second-order valence-electron chi connectivity index (χ2n) is 6.96. The SMILES string of the molecule is CC1=CC(OC=C2C(=O)NC3c4ccccc4CC23)N(CC(F)(F)F)C1=O. The highest BCUT2D eigenvalue weighted by molar-refractivity contribution is 5.97. The van der Waals surface area contributed by atoms with Gasteiger partial charge in [-0.15, -0.1) is 0 Å². The first-order chi connectivity index (χ1) is 12.7. The Morgan fingerprint density at radius 1 is 1.30 bits per heavy atom. The van der Waals surface area contributed by atoms with Gasteiger partial charge in [0.25, 0.3) is 11.8 Å². The summed E-state index contributed by atoms with van der Waals surface area (Å²) in [6.45, 7) is 0.0331. The molecular formula is C19H17F3N2O3. The number of benzene rings is 1. The summed E-state index contributed by atoms with van der Waals surface area (Å²) in [5.74, 6) is -1.15. The Kier molecular flexibility index (Phi) is 4.01. The molecule has 1 N–H and O–H groups in total. The third kappa shape index (κ3) is 3.09. The summed E-state index contributed by atoms with van der Waals surface area (Å²) in [5, 5.41) is 2.90. The van der Waals surface area contributed by atoms with E-state index in [9.17, 15) is 22.8 Å². The zero-order chi connectivity index (χ0) is 19.3. The molecule has 27 heavy (non-hydrogen) atoms. The van der Waals surface area contributed by atoms with E-state index >= 15 is 0 Å². The highest BCUT2D eigenvalue weighted by Crippen LogP contribution is 2.44. The number of nitrogens with one attached hydrogen (secondary N) is 1. The number of rotatable bonds is 3. The van der Waals surface area contributed by atoms with E-state index in [1.54, 1.807) is 0 Å². The molecular weight excluding hydrogens is 361 g/mol. The van der Waals surface area contributed by atoms with Crippen LogP contribution in [0.3, 0.4) is 0 Å². The molecule has 0 radical (unpaired) electrons. The Bertz CT molecular complexity index is 875. The van der Waals surface area contributed by atoms with E-state index in [1.165, 1.54) is 19.3 Å². The Hall–Kier alpha value is -2.77. The minimum absolute atomic E-state index is 0.131. The van der Waals surface area contributed by atoms with Crippen LogP contribution in [-0.2, 0) is 20.7 Å². The first-order valence-electron chi connectivity index (χ1n) is 8.55. The Labute approximate surface area is 153 Å². The zero-order valence-corrected chi connectivity index (χ0v) is 14.4. The van der Waals surface area contributed by atoms with E-state index in [1.807, 2.05) is 24.3 Å². The first kappa shape index (κ1) is 17.6. The molecule has 3 aliphatic rings. The van der Waals surface area contributed by atoms with Gasteiger partial charge in [0.05, 0.1) is 17.9 Å². The van der Waals surface area contributed by atoms with E-state index in [0.29, 0.717) is 16.9 Å². The van der Waals surface area contributed by atoms with Crippen molar-refractivity contribution in [3.05, 3.63) is 58.9 Å². The molecule has 0 aromatic heterocycles. The maximum absolute atomic E-state index is 12.8. The molecule has 0 bridgehead atoms. The number of carbonyl (C=O) groups excluding carboxylic acids is 2. The summed E-state index contributed by atoms with van der Waals surface area (Å²) in [7, 11) is 0. The molecule has 1 aromatic carbocycles. The average Bonchev–Trinajstić information content (AvgIpc) is 3.18. The second-order valence-corrected chi connectivity index (χ2v) is 6.96. The summed E-state index contributed by atoms with van der Waals surface area (Å²) in [6.07, 6.45) is -2.52. The molecule has 4 rings (SSSR count). The van der Waals surface area contributed by atoms with E-state index in [4.69, 9.17) is 4.74 Å². The quantitative estimate of drug-likeness (QED) is 0.650. The predicted molar refractivity (Wildman–Crippen MR) is 89.0 cm³/mol. The smallest absolute Gasteiger partial charge is 0.406 e. The zero-order valence-electron chi connectivity index (χ0n) is 14.4. The van der Waals surface area contributed by atoms with Crippen molar-refractivity contribution >= 4 is 11.8 Å². The lowest BCUT2D eigenvalue weighted by Gasteiger charge is -2.25.